The zero-order chi connectivity index (χ0) is 19.1. The van der Waals surface area contributed by atoms with Gasteiger partial charge in [0.15, 0.2) is 5.76 Å². The SMILES string of the molecule is Cc1c(C(=O)NC[C@@H]2COCCO2)oc2c1-c1nn(C[C@H]3CCO3)cc1CC2. The van der Waals surface area contributed by atoms with E-state index in [4.69, 9.17) is 23.7 Å². The van der Waals surface area contributed by atoms with E-state index in [2.05, 4.69) is 11.5 Å². The lowest BCUT2D eigenvalue weighted by Gasteiger charge is -2.26. The molecule has 4 heterocycles. The number of aryl methyl sites for hydroxylation is 2. The number of furan rings is 1. The maximum Gasteiger partial charge on any atom is 0.287 e. The van der Waals surface area contributed by atoms with Crippen LogP contribution in [0.4, 0.5) is 0 Å². The highest BCUT2D eigenvalue weighted by Gasteiger charge is 2.30. The molecule has 0 saturated carbocycles. The first-order chi connectivity index (χ1) is 13.7. The van der Waals surface area contributed by atoms with Crippen LogP contribution in [-0.2, 0) is 33.6 Å². The van der Waals surface area contributed by atoms with Crippen molar-refractivity contribution in [3.05, 3.63) is 28.8 Å². The van der Waals surface area contributed by atoms with Crippen LogP contribution in [0.1, 0.15) is 33.9 Å². The van der Waals surface area contributed by atoms with Gasteiger partial charge in [0, 0.05) is 36.9 Å². The lowest BCUT2D eigenvalue weighted by atomic mass is 9.93. The van der Waals surface area contributed by atoms with Crippen LogP contribution in [-0.4, -0.2) is 60.9 Å². The van der Waals surface area contributed by atoms with Gasteiger partial charge in [-0.05, 0) is 25.3 Å². The zero-order valence-electron chi connectivity index (χ0n) is 16.0. The largest absolute Gasteiger partial charge is 0.455 e. The fourth-order valence-electron chi connectivity index (χ4n) is 4.05. The predicted molar refractivity (Wildman–Crippen MR) is 99.3 cm³/mol. The van der Waals surface area contributed by atoms with E-state index < -0.39 is 0 Å². The minimum absolute atomic E-state index is 0.112. The van der Waals surface area contributed by atoms with E-state index in [1.54, 1.807) is 0 Å². The second-order valence-corrected chi connectivity index (χ2v) is 7.64. The van der Waals surface area contributed by atoms with Gasteiger partial charge in [0.25, 0.3) is 5.91 Å². The Morgan fingerprint density at radius 1 is 1.25 bits per heavy atom. The summed E-state index contributed by atoms with van der Waals surface area (Å²) in [5.74, 6) is 0.994. The number of rotatable bonds is 5. The molecule has 2 fully saturated rings. The highest BCUT2D eigenvalue weighted by Crippen LogP contribution is 2.38. The molecule has 0 bridgehead atoms. The van der Waals surface area contributed by atoms with Crippen LogP contribution in [0.5, 0.6) is 0 Å². The molecule has 2 atom stereocenters. The van der Waals surface area contributed by atoms with Crippen molar-refractivity contribution in [3.63, 3.8) is 0 Å². The van der Waals surface area contributed by atoms with Gasteiger partial charge in [0.1, 0.15) is 5.76 Å². The smallest absolute Gasteiger partial charge is 0.287 e. The Bertz CT molecular complexity index is 877. The van der Waals surface area contributed by atoms with Crippen LogP contribution in [0.2, 0.25) is 0 Å². The number of carbonyl (C=O) groups is 1. The van der Waals surface area contributed by atoms with Gasteiger partial charge < -0.3 is 23.9 Å². The lowest BCUT2D eigenvalue weighted by Crippen LogP contribution is -2.39. The zero-order valence-corrected chi connectivity index (χ0v) is 16.0. The van der Waals surface area contributed by atoms with Crippen LogP contribution in [0.25, 0.3) is 11.3 Å². The lowest BCUT2D eigenvalue weighted by molar-refractivity contribution is -0.0856. The second kappa shape index (κ2) is 7.35. The molecule has 0 unspecified atom stereocenters. The van der Waals surface area contributed by atoms with Gasteiger partial charge in [-0.2, -0.15) is 5.10 Å². The molecule has 8 nitrogen and oxygen atoms in total. The summed E-state index contributed by atoms with van der Waals surface area (Å²) in [6.45, 7) is 5.62. The highest BCUT2D eigenvalue weighted by molar-refractivity contribution is 5.95. The van der Waals surface area contributed by atoms with Crippen molar-refractivity contribution >= 4 is 5.91 Å². The summed E-state index contributed by atoms with van der Waals surface area (Å²) in [7, 11) is 0. The van der Waals surface area contributed by atoms with E-state index in [9.17, 15) is 4.79 Å². The fraction of sp³-hybridized carbons (Fsp3) is 0.600. The Hall–Kier alpha value is -2.16. The maximum absolute atomic E-state index is 12.7. The number of amides is 1. The molecule has 2 saturated heterocycles. The van der Waals surface area contributed by atoms with Gasteiger partial charge in [0.2, 0.25) is 0 Å². The number of nitrogens with zero attached hydrogens (tertiary/aromatic N) is 2. The van der Waals surface area contributed by atoms with Gasteiger partial charge in [-0.3, -0.25) is 9.48 Å². The van der Waals surface area contributed by atoms with Crippen molar-refractivity contribution < 1.29 is 23.4 Å². The molecule has 1 N–H and O–H groups in total. The van der Waals surface area contributed by atoms with Crippen molar-refractivity contribution in [1.29, 1.82) is 0 Å². The summed E-state index contributed by atoms with van der Waals surface area (Å²) in [5.41, 5.74) is 3.96. The molecule has 0 spiro atoms. The summed E-state index contributed by atoms with van der Waals surface area (Å²) >= 11 is 0. The first kappa shape index (κ1) is 17.9. The third-order valence-corrected chi connectivity index (χ3v) is 5.68. The van der Waals surface area contributed by atoms with Gasteiger partial charge in [-0.15, -0.1) is 0 Å². The normalized spacial score (nSPS) is 23.6. The first-order valence-corrected chi connectivity index (χ1v) is 9.97. The quantitative estimate of drug-likeness (QED) is 0.836. The van der Waals surface area contributed by atoms with Crippen LogP contribution in [0, 0.1) is 6.92 Å². The van der Waals surface area contributed by atoms with E-state index in [1.165, 1.54) is 5.56 Å². The number of hydrogen-bond acceptors (Lipinski definition) is 6. The fourth-order valence-corrected chi connectivity index (χ4v) is 4.05. The van der Waals surface area contributed by atoms with E-state index in [-0.39, 0.29) is 18.1 Å². The average molecular weight is 387 g/mol. The highest BCUT2D eigenvalue weighted by atomic mass is 16.6. The Morgan fingerprint density at radius 2 is 2.11 bits per heavy atom. The van der Waals surface area contributed by atoms with Gasteiger partial charge in [0.05, 0.1) is 44.3 Å². The van der Waals surface area contributed by atoms with Crippen LogP contribution in [0.3, 0.4) is 0 Å². The van der Waals surface area contributed by atoms with E-state index in [0.29, 0.717) is 32.1 Å². The molecular weight excluding hydrogens is 362 g/mol. The van der Waals surface area contributed by atoms with Crippen molar-refractivity contribution in [2.45, 2.75) is 44.9 Å². The minimum Gasteiger partial charge on any atom is -0.455 e. The number of hydrogen-bond donors (Lipinski definition) is 1. The molecule has 2 aromatic heterocycles. The summed E-state index contributed by atoms with van der Waals surface area (Å²) < 4.78 is 24.4. The third kappa shape index (κ3) is 3.25. The molecule has 8 heteroatoms. The molecule has 5 rings (SSSR count). The maximum atomic E-state index is 12.7. The van der Waals surface area contributed by atoms with E-state index in [1.807, 2.05) is 11.6 Å². The molecule has 150 valence electrons. The molecule has 2 aliphatic heterocycles. The number of ether oxygens (including phenoxy) is 3. The topological polar surface area (TPSA) is 87.8 Å². The number of fused-ring (bicyclic) bond motifs is 3. The van der Waals surface area contributed by atoms with E-state index in [0.717, 1.165) is 55.0 Å². The Morgan fingerprint density at radius 3 is 2.86 bits per heavy atom. The summed E-state index contributed by atoms with van der Waals surface area (Å²) in [5, 5.41) is 7.68. The monoisotopic (exact) mass is 387 g/mol. The number of nitrogens with one attached hydrogen (secondary N) is 1. The van der Waals surface area contributed by atoms with Gasteiger partial charge >= 0.3 is 0 Å². The molecule has 1 aliphatic carbocycles. The summed E-state index contributed by atoms with van der Waals surface area (Å²) in [4.78, 5) is 12.7. The second-order valence-electron chi connectivity index (χ2n) is 7.64. The van der Waals surface area contributed by atoms with Crippen molar-refractivity contribution in [1.82, 2.24) is 15.1 Å². The molecule has 28 heavy (non-hydrogen) atoms. The molecular formula is C20H25N3O5. The van der Waals surface area contributed by atoms with E-state index >= 15 is 0 Å². The summed E-state index contributed by atoms with van der Waals surface area (Å²) in [6.07, 6.45) is 4.99. The number of aromatic nitrogens is 2. The van der Waals surface area contributed by atoms with Crippen molar-refractivity contribution in [2.24, 2.45) is 0 Å². The van der Waals surface area contributed by atoms with Crippen molar-refractivity contribution in [3.8, 4) is 11.3 Å². The molecule has 1 amide bonds. The Kier molecular flexibility index (Phi) is 4.70. The van der Waals surface area contributed by atoms with Gasteiger partial charge in [-0.1, -0.05) is 0 Å². The Labute approximate surface area is 163 Å². The van der Waals surface area contributed by atoms with Crippen molar-refractivity contribution in [2.75, 3.05) is 33.0 Å². The van der Waals surface area contributed by atoms with Crippen LogP contribution >= 0.6 is 0 Å². The Balaban J connectivity index is 1.34. The standard InChI is InChI=1S/C20H25N3O5/c1-12-17-16(28-19(12)20(24)21-8-15-11-25-6-7-27-15)3-2-13-9-23(22-18(13)17)10-14-4-5-26-14/h9,14-15H,2-8,10-11H2,1H3,(H,21,24)/t14-,15-/m1/s1. The molecule has 0 aromatic carbocycles. The average Bonchev–Trinajstić information content (AvgIpc) is 3.24. The number of carbonyl (C=O) groups excluding carboxylic acids is 1. The molecule has 0 radical (unpaired) electrons. The molecule has 3 aliphatic rings. The third-order valence-electron chi connectivity index (χ3n) is 5.68. The minimum atomic E-state index is -0.218. The van der Waals surface area contributed by atoms with Gasteiger partial charge in [-0.25, -0.2) is 0 Å². The predicted octanol–water partition coefficient (Wildman–Crippen LogP) is 1.48. The summed E-state index contributed by atoms with van der Waals surface area (Å²) in [6, 6.07) is 0. The van der Waals surface area contributed by atoms with Crippen LogP contribution in [0.15, 0.2) is 10.6 Å². The first-order valence-electron chi connectivity index (χ1n) is 9.97. The molecule has 2 aromatic rings. The van der Waals surface area contributed by atoms with Crippen LogP contribution < -0.4 is 5.32 Å².